The molecule has 1 fully saturated rings. The third-order valence-corrected chi connectivity index (χ3v) is 6.56. The molecule has 2 atom stereocenters. The van der Waals surface area contributed by atoms with Crippen LogP contribution in [0.15, 0.2) is 60.7 Å². The third-order valence-electron chi connectivity index (χ3n) is 6.56. The fraction of sp³-hybridized carbons (Fsp3) is 0.500. The number of esters is 2. The summed E-state index contributed by atoms with van der Waals surface area (Å²) < 4.78 is 11.2. The van der Waals surface area contributed by atoms with E-state index in [4.69, 9.17) is 9.47 Å². The molecular formula is C28H40Cl2N2O4. The highest BCUT2D eigenvalue weighted by Gasteiger charge is 2.23. The first-order chi connectivity index (χ1) is 16.6. The highest BCUT2D eigenvalue weighted by molar-refractivity contribution is 5.85. The number of halogens is 2. The maximum Gasteiger partial charge on any atom is 0.313 e. The van der Waals surface area contributed by atoms with Crippen molar-refractivity contribution in [2.24, 2.45) is 0 Å². The van der Waals surface area contributed by atoms with Crippen LogP contribution in [0.4, 0.5) is 0 Å². The number of nitrogens with zero attached hydrogens (tertiary/aromatic N) is 2. The summed E-state index contributed by atoms with van der Waals surface area (Å²) in [4.78, 5) is 29.7. The van der Waals surface area contributed by atoms with Gasteiger partial charge in [-0.25, -0.2) is 0 Å². The van der Waals surface area contributed by atoms with Crippen LogP contribution in [0.5, 0.6) is 0 Å². The van der Waals surface area contributed by atoms with E-state index in [9.17, 15) is 9.59 Å². The SMILES string of the molecule is CCC(C(=O)OCCN1CCN(CCOC(=O)C(CC)c2ccccc2)CC1)c1ccccc1.Cl.Cl. The molecule has 0 spiro atoms. The molecule has 0 radical (unpaired) electrons. The van der Waals surface area contributed by atoms with E-state index in [1.807, 2.05) is 74.5 Å². The Morgan fingerprint density at radius 3 is 1.31 bits per heavy atom. The highest BCUT2D eigenvalue weighted by atomic mass is 35.5. The summed E-state index contributed by atoms with van der Waals surface area (Å²) in [6.07, 6.45) is 1.47. The van der Waals surface area contributed by atoms with Gasteiger partial charge in [0.1, 0.15) is 13.2 Å². The summed E-state index contributed by atoms with van der Waals surface area (Å²) in [5.74, 6) is -0.685. The molecule has 0 amide bonds. The molecule has 8 heteroatoms. The fourth-order valence-electron chi connectivity index (χ4n) is 4.44. The molecule has 2 unspecified atom stereocenters. The Balaban J connectivity index is 0.00000324. The molecule has 200 valence electrons. The van der Waals surface area contributed by atoms with Gasteiger partial charge in [0, 0.05) is 39.3 Å². The monoisotopic (exact) mass is 538 g/mol. The molecule has 0 bridgehead atoms. The van der Waals surface area contributed by atoms with Crippen molar-refractivity contribution in [3.8, 4) is 0 Å². The predicted molar refractivity (Wildman–Crippen MR) is 148 cm³/mol. The second kappa shape index (κ2) is 17.4. The zero-order valence-corrected chi connectivity index (χ0v) is 23.0. The zero-order chi connectivity index (χ0) is 24.2. The number of rotatable bonds is 12. The lowest BCUT2D eigenvalue weighted by Gasteiger charge is -2.34. The molecule has 36 heavy (non-hydrogen) atoms. The standard InChI is InChI=1S/C28H38N2O4.2ClH/c1-3-25(23-11-7-5-8-12-23)27(31)33-21-19-29-15-17-30(18-16-29)20-22-34-28(32)26(4-2)24-13-9-6-10-14-24;;/h5-14,25-26H,3-4,15-22H2,1-2H3;2*1H. The van der Waals surface area contributed by atoms with Gasteiger partial charge in [0.2, 0.25) is 0 Å². The van der Waals surface area contributed by atoms with E-state index in [1.54, 1.807) is 0 Å². The lowest BCUT2D eigenvalue weighted by atomic mass is 9.97. The van der Waals surface area contributed by atoms with Gasteiger partial charge in [-0.2, -0.15) is 0 Å². The third kappa shape index (κ3) is 9.74. The van der Waals surface area contributed by atoms with Gasteiger partial charge in [-0.05, 0) is 24.0 Å². The second-order valence-electron chi connectivity index (χ2n) is 8.76. The van der Waals surface area contributed by atoms with Crippen LogP contribution < -0.4 is 0 Å². The van der Waals surface area contributed by atoms with Crippen LogP contribution in [0.2, 0.25) is 0 Å². The topological polar surface area (TPSA) is 59.1 Å². The van der Waals surface area contributed by atoms with Gasteiger partial charge < -0.3 is 9.47 Å². The number of carbonyl (C=O) groups is 2. The average Bonchev–Trinajstić information content (AvgIpc) is 2.87. The molecule has 0 aliphatic carbocycles. The first-order valence-corrected chi connectivity index (χ1v) is 12.5. The summed E-state index contributed by atoms with van der Waals surface area (Å²) in [6.45, 7) is 10.0. The quantitative estimate of drug-likeness (QED) is 0.357. The minimum atomic E-state index is -0.199. The van der Waals surface area contributed by atoms with Crippen molar-refractivity contribution in [1.29, 1.82) is 0 Å². The van der Waals surface area contributed by atoms with Gasteiger partial charge in [0.05, 0.1) is 11.8 Å². The van der Waals surface area contributed by atoms with E-state index in [2.05, 4.69) is 9.80 Å². The molecule has 0 saturated carbocycles. The zero-order valence-electron chi connectivity index (χ0n) is 21.3. The van der Waals surface area contributed by atoms with Crippen LogP contribution in [0, 0.1) is 0 Å². The van der Waals surface area contributed by atoms with E-state index in [1.165, 1.54) is 0 Å². The molecule has 2 aromatic carbocycles. The Bertz CT molecular complexity index is 804. The second-order valence-corrected chi connectivity index (χ2v) is 8.76. The smallest absolute Gasteiger partial charge is 0.313 e. The number of benzene rings is 2. The van der Waals surface area contributed by atoms with Crippen LogP contribution >= 0.6 is 24.8 Å². The fourth-order valence-corrected chi connectivity index (χ4v) is 4.44. The minimum Gasteiger partial charge on any atom is -0.464 e. The summed E-state index contributed by atoms with van der Waals surface area (Å²) in [5, 5.41) is 0. The van der Waals surface area contributed by atoms with Crippen LogP contribution in [0.1, 0.15) is 49.7 Å². The van der Waals surface area contributed by atoms with Crippen molar-refractivity contribution < 1.29 is 19.1 Å². The maximum atomic E-state index is 12.5. The van der Waals surface area contributed by atoms with E-state index >= 15 is 0 Å². The lowest BCUT2D eigenvalue weighted by Crippen LogP contribution is -2.48. The largest absolute Gasteiger partial charge is 0.464 e. The van der Waals surface area contributed by atoms with Crippen molar-refractivity contribution in [2.75, 3.05) is 52.5 Å². The molecule has 3 rings (SSSR count). The first kappa shape index (κ1) is 31.9. The molecule has 2 aromatic rings. The highest BCUT2D eigenvalue weighted by Crippen LogP contribution is 2.21. The Morgan fingerprint density at radius 1 is 0.667 bits per heavy atom. The van der Waals surface area contributed by atoms with E-state index in [-0.39, 0.29) is 48.6 Å². The maximum absolute atomic E-state index is 12.5. The first-order valence-electron chi connectivity index (χ1n) is 12.5. The van der Waals surface area contributed by atoms with Crippen LogP contribution in [0.3, 0.4) is 0 Å². The van der Waals surface area contributed by atoms with E-state index in [0.717, 1.165) is 63.2 Å². The summed E-state index contributed by atoms with van der Waals surface area (Å²) >= 11 is 0. The molecule has 0 aromatic heterocycles. The van der Waals surface area contributed by atoms with Crippen molar-refractivity contribution in [3.63, 3.8) is 0 Å². The van der Waals surface area contributed by atoms with Gasteiger partial charge in [-0.3, -0.25) is 19.4 Å². The number of hydrogen-bond donors (Lipinski definition) is 0. The van der Waals surface area contributed by atoms with Gasteiger partial charge in [-0.15, -0.1) is 24.8 Å². The summed E-state index contributed by atoms with van der Waals surface area (Å²) in [5.41, 5.74) is 2.02. The molecular weight excluding hydrogens is 499 g/mol. The van der Waals surface area contributed by atoms with Crippen molar-refractivity contribution >= 4 is 36.8 Å². The number of hydrogen-bond acceptors (Lipinski definition) is 6. The van der Waals surface area contributed by atoms with E-state index < -0.39 is 0 Å². The predicted octanol–water partition coefficient (Wildman–Crippen LogP) is 4.92. The van der Waals surface area contributed by atoms with Crippen LogP contribution in [-0.2, 0) is 19.1 Å². The van der Waals surface area contributed by atoms with Gasteiger partial charge >= 0.3 is 11.9 Å². The minimum absolute atomic E-state index is 0. The lowest BCUT2D eigenvalue weighted by molar-refractivity contribution is -0.147. The molecule has 1 saturated heterocycles. The number of carbonyl (C=O) groups excluding carboxylic acids is 2. The van der Waals surface area contributed by atoms with E-state index in [0.29, 0.717) is 13.2 Å². The normalized spacial score (nSPS) is 15.6. The van der Waals surface area contributed by atoms with Crippen molar-refractivity contribution in [1.82, 2.24) is 9.80 Å². The number of ether oxygens (including phenoxy) is 2. The Labute approximate surface area is 228 Å². The van der Waals surface area contributed by atoms with Crippen LogP contribution in [0.25, 0.3) is 0 Å². The molecule has 1 aliphatic heterocycles. The molecule has 6 nitrogen and oxygen atoms in total. The summed E-state index contributed by atoms with van der Waals surface area (Å²) in [7, 11) is 0. The Morgan fingerprint density at radius 2 is 1.00 bits per heavy atom. The van der Waals surface area contributed by atoms with Gasteiger partial charge in [0.25, 0.3) is 0 Å². The van der Waals surface area contributed by atoms with Gasteiger partial charge in [0.15, 0.2) is 0 Å². The Kier molecular flexibility index (Phi) is 15.4. The number of piperazine rings is 1. The van der Waals surface area contributed by atoms with Gasteiger partial charge in [-0.1, -0.05) is 74.5 Å². The molecule has 1 heterocycles. The summed E-state index contributed by atoms with van der Waals surface area (Å²) in [6, 6.07) is 19.7. The Hall–Kier alpha value is -2.12. The average molecular weight is 540 g/mol. The van der Waals surface area contributed by atoms with Crippen molar-refractivity contribution in [3.05, 3.63) is 71.8 Å². The molecule has 0 N–H and O–H groups in total. The molecule has 1 aliphatic rings. The van der Waals surface area contributed by atoms with Crippen molar-refractivity contribution in [2.45, 2.75) is 38.5 Å². The van der Waals surface area contributed by atoms with Crippen LogP contribution in [-0.4, -0.2) is 74.2 Å².